The molecule has 0 fully saturated rings. The fraction of sp³-hybridized carbons (Fsp3) is 0.727. The summed E-state index contributed by atoms with van der Waals surface area (Å²) in [4.78, 5) is 0. The van der Waals surface area contributed by atoms with E-state index >= 15 is 0 Å². The Morgan fingerprint density at radius 3 is 2.33 bits per heavy atom. The van der Waals surface area contributed by atoms with Crippen molar-refractivity contribution in [3.05, 3.63) is 36.5 Å². The van der Waals surface area contributed by atoms with Crippen molar-refractivity contribution < 1.29 is 10.2 Å². The molecule has 0 amide bonds. The molecule has 24 heavy (non-hydrogen) atoms. The predicted octanol–water partition coefficient (Wildman–Crippen LogP) is 6.10. The van der Waals surface area contributed by atoms with Gasteiger partial charge in [0.2, 0.25) is 0 Å². The second-order valence-corrected chi connectivity index (χ2v) is 6.67. The fourth-order valence-electron chi connectivity index (χ4n) is 2.79. The molecule has 0 aromatic rings. The minimum Gasteiger partial charge on any atom is -0.396 e. The Balaban J connectivity index is 3.96. The number of hydrogen-bond donors (Lipinski definition) is 2. The van der Waals surface area contributed by atoms with Crippen LogP contribution >= 0.6 is 0 Å². The van der Waals surface area contributed by atoms with Crippen LogP contribution in [0.3, 0.4) is 0 Å². The maximum absolute atomic E-state index is 10.2. The van der Waals surface area contributed by atoms with E-state index in [1.807, 2.05) is 12.2 Å². The second kappa shape index (κ2) is 18.5. The summed E-state index contributed by atoms with van der Waals surface area (Å²) in [7, 11) is 0. The molecular weight excluding hydrogens is 296 g/mol. The summed E-state index contributed by atoms with van der Waals surface area (Å²) in [6, 6.07) is 0. The number of aliphatic hydroxyl groups excluding tert-OH is 2. The highest BCUT2D eigenvalue weighted by Crippen LogP contribution is 2.16. The third kappa shape index (κ3) is 16.0. The first kappa shape index (κ1) is 23.1. The molecule has 2 nitrogen and oxygen atoms in total. The molecule has 140 valence electrons. The molecule has 0 radical (unpaired) electrons. The van der Waals surface area contributed by atoms with Gasteiger partial charge in [0, 0.05) is 6.61 Å². The van der Waals surface area contributed by atoms with Gasteiger partial charge in [0.15, 0.2) is 0 Å². The fourth-order valence-corrected chi connectivity index (χ4v) is 2.79. The molecule has 0 aliphatic carbocycles. The molecule has 0 spiro atoms. The quantitative estimate of drug-likeness (QED) is 0.249. The first-order valence-corrected chi connectivity index (χ1v) is 9.99. The number of hydrogen-bond acceptors (Lipinski definition) is 2. The summed E-state index contributed by atoms with van der Waals surface area (Å²) in [5.74, 6) is 0. The first-order chi connectivity index (χ1) is 11.7. The van der Waals surface area contributed by atoms with Crippen molar-refractivity contribution in [2.75, 3.05) is 6.61 Å². The molecule has 0 bridgehead atoms. The highest BCUT2D eigenvalue weighted by Gasteiger charge is 2.03. The summed E-state index contributed by atoms with van der Waals surface area (Å²) in [6.07, 6.45) is 22.5. The number of unbranched alkanes of at least 4 members (excludes halogenated alkanes) is 7. The summed E-state index contributed by atoms with van der Waals surface area (Å²) in [5.41, 5.74) is 1.34. The Hall–Kier alpha value is -0.860. The highest BCUT2D eigenvalue weighted by atomic mass is 16.3. The lowest BCUT2D eigenvalue weighted by atomic mass is 10.0. The molecular formula is C22H40O2. The predicted molar refractivity (Wildman–Crippen MR) is 106 cm³/mol. The van der Waals surface area contributed by atoms with Crippen LogP contribution in [0.25, 0.3) is 0 Å². The Morgan fingerprint density at radius 1 is 0.958 bits per heavy atom. The van der Waals surface area contributed by atoms with Crippen molar-refractivity contribution in [3.63, 3.8) is 0 Å². The maximum atomic E-state index is 10.2. The summed E-state index contributed by atoms with van der Waals surface area (Å²) >= 11 is 0. The van der Waals surface area contributed by atoms with E-state index in [4.69, 9.17) is 5.11 Å². The molecule has 2 heteroatoms. The molecule has 0 aliphatic rings. The highest BCUT2D eigenvalue weighted by molar-refractivity contribution is 5.10. The standard InChI is InChI=1S/C22H40O2/c1-3-5-7-8-9-10-11-14-18-22(24)20-21(16-6-4-2)17-13-12-15-19-23/h3,12-13,20,22-24H,1,4-11,14-19H2,2H3/b13-12+,21-20+. The van der Waals surface area contributed by atoms with Crippen LogP contribution in [0.15, 0.2) is 36.5 Å². The van der Waals surface area contributed by atoms with E-state index < -0.39 is 0 Å². The zero-order chi connectivity index (χ0) is 17.9. The van der Waals surface area contributed by atoms with Crippen LogP contribution in [0.5, 0.6) is 0 Å². The molecule has 0 aliphatic heterocycles. The number of rotatable bonds is 17. The minimum absolute atomic E-state index is 0.209. The van der Waals surface area contributed by atoms with Crippen LogP contribution in [-0.4, -0.2) is 22.9 Å². The molecule has 0 heterocycles. The van der Waals surface area contributed by atoms with Crippen molar-refractivity contribution in [1.29, 1.82) is 0 Å². The topological polar surface area (TPSA) is 40.5 Å². The van der Waals surface area contributed by atoms with Gasteiger partial charge in [-0.25, -0.2) is 0 Å². The molecule has 0 saturated carbocycles. The van der Waals surface area contributed by atoms with E-state index in [-0.39, 0.29) is 12.7 Å². The van der Waals surface area contributed by atoms with Crippen molar-refractivity contribution >= 4 is 0 Å². The van der Waals surface area contributed by atoms with Crippen LogP contribution in [0, 0.1) is 0 Å². The molecule has 2 N–H and O–H groups in total. The van der Waals surface area contributed by atoms with Gasteiger partial charge in [0.25, 0.3) is 0 Å². The normalized spacial score (nSPS) is 13.5. The lowest BCUT2D eigenvalue weighted by molar-refractivity contribution is 0.206. The van der Waals surface area contributed by atoms with Gasteiger partial charge in [-0.05, 0) is 44.9 Å². The summed E-state index contributed by atoms with van der Waals surface area (Å²) < 4.78 is 0. The summed E-state index contributed by atoms with van der Waals surface area (Å²) in [6.45, 7) is 6.16. The van der Waals surface area contributed by atoms with Crippen LogP contribution in [0.2, 0.25) is 0 Å². The summed E-state index contributed by atoms with van der Waals surface area (Å²) in [5, 5.41) is 19.1. The Labute approximate surface area is 150 Å². The van der Waals surface area contributed by atoms with Gasteiger partial charge in [0.05, 0.1) is 6.10 Å². The minimum atomic E-state index is -0.302. The zero-order valence-corrected chi connectivity index (χ0v) is 15.9. The Bertz CT molecular complexity index is 331. The van der Waals surface area contributed by atoms with Gasteiger partial charge in [0.1, 0.15) is 0 Å². The van der Waals surface area contributed by atoms with Crippen LogP contribution < -0.4 is 0 Å². The van der Waals surface area contributed by atoms with Crippen LogP contribution in [-0.2, 0) is 0 Å². The van der Waals surface area contributed by atoms with Gasteiger partial charge in [-0.3, -0.25) is 0 Å². The molecule has 0 rings (SSSR count). The number of aliphatic hydroxyl groups is 2. The van der Waals surface area contributed by atoms with Crippen molar-refractivity contribution in [3.8, 4) is 0 Å². The molecule has 1 atom stereocenters. The Morgan fingerprint density at radius 2 is 1.67 bits per heavy atom. The number of allylic oxidation sites excluding steroid dienone is 3. The van der Waals surface area contributed by atoms with Crippen molar-refractivity contribution in [1.82, 2.24) is 0 Å². The van der Waals surface area contributed by atoms with Crippen molar-refractivity contribution in [2.45, 2.75) is 96.5 Å². The average Bonchev–Trinajstić information content (AvgIpc) is 2.58. The SMILES string of the molecule is C=CCCCCCCCCC(O)/C=C(/C/C=C/CCO)CCCC. The molecule has 1 unspecified atom stereocenters. The zero-order valence-electron chi connectivity index (χ0n) is 15.9. The van der Waals surface area contributed by atoms with E-state index in [1.54, 1.807) is 0 Å². The first-order valence-electron chi connectivity index (χ1n) is 9.99. The lowest BCUT2D eigenvalue weighted by Crippen LogP contribution is -2.04. The van der Waals surface area contributed by atoms with Gasteiger partial charge < -0.3 is 10.2 Å². The third-order valence-electron chi connectivity index (χ3n) is 4.28. The smallest absolute Gasteiger partial charge is 0.0723 e. The van der Waals surface area contributed by atoms with E-state index in [0.29, 0.717) is 0 Å². The van der Waals surface area contributed by atoms with Gasteiger partial charge in [-0.1, -0.05) is 75.3 Å². The van der Waals surface area contributed by atoms with Crippen molar-refractivity contribution in [2.24, 2.45) is 0 Å². The monoisotopic (exact) mass is 336 g/mol. The Kier molecular flexibility index (Phi) is 17.8. The maximum Gasteiger partial charge on any atom is 0.0723 e. The largest absolute Gasteiger partial charge is 0.396 e. The van der Waals surface area contributed by atoms with E-state index in [1.165, 1.54) is 50.5 Å². The average molecular weight is 337 g/mol. The van der Waals surface area contributed by atoms with E-state index in [9.17, 15) is 5.11 Å². The third-order valence-corrected chi connectivity index (χ3v) is 4.28. The molecule has 0 aromatic heterocycles. The second-order valence-electron chi connectivity index (χ2n) is 6.67. The van der Waals surface area contributed by atoms with Gasteiger partial charge in [-0.15, -0.1) is 6.58 Å². The van der Waals surface area contributed by atoms with Crippen LogP contribution in [0.1, 0.15) is 90.4 Å². The molecule has 0 saturated heterocycles. The lowest BCUT2D eigenvalue weighted by Gasteiger charge is -2.10. The van der Waals surface area contributed by atoms with Gasteiger partial charge in [-0.2, -0.15) is 0 Å². The van der Waals surface area contributed by atoms with Gasteiger partial charge >= 0.3 is 0 Å². The van der Waals surface area contributed by atoms with E-state index in [2.05, 4.69) is 25.7 Å². The van der Waals surface area contributed by atoms with Crippen LogP contribution in [0.4, 0.5) is 0 Å². The van der Waals surface area contributed by atoms with E-state index in [0.717, 1.165) is 38.5 Å². The molecule has 0 aromatic carbocycles.